The minimum absolute atomic E-state index is 0.0254. The predicted octanol–water partition coefficient (Wildman–Crippen LogP) is 0.651. The molecule has 1 fully saturated rings. The lowest BCUT2D eigenvalue weighted by atomic mass is 10.3. The molecular formula is C17H22BrFN8O5S. The Labute approximate surface area is 196 Å². The quantitative estimate of drug-likeness (QED) is 0.0804. The number of halogens is 2. The van der Waals surface area contributed by atoms with Gasteiger partial charge in [0.2, 0.25) is 17.6 Å². The summed E-state index contributed by atoms with van der Waals surface area (Å²) in [6, 6.07) is 4.10. The third-order valence-corrected chi connectivity index (χ3v) is 6.63. The van der Waals surface area contributed by atoms with Crippen LogP contribution in [-0.4, -0.2) is 72.3 Å². The maximum absolute atomic E-state index is 13.4. The first kappa shape index (κ1) is 24.7. The van der Waals surface area contributed by atoms with Crippen LogP contribution in [0.4, 0.5) is 15.9 Å². The van der Waals surface area contributed by atoms with Crippen LogP contribution >= 0.6 is 15.9 Å². The molecule has 3 rings (SSSR count). The van der Waals surface area contributed by atoms with Crippen molar-refractivity contribution in [1.82, 2.24) is 20.9 Å². The Morgan fingerprint density at radius 2 is 2.00 bits per heavy atom. The number of nitrogens with one attached hydrogen (secondary N) is 4. The van der Waals surface area contributed by atoms with Crippen LogP contribution < -0.4 is 21.3 Å². The molecule has 13 nitrogen and oxygen atoms in total. The Morgan fingerprint density at radius 1 is 1.24 bits per heavy atom. The second kappa shape index (κ2) is 11.2. The second-order valence-electron chi connectivity index (χ2n) is 6.82. The minimum Gasteiger partial charge on any atom is -0.409 e. The molecule has 0 spiro atoms. The van der Waals surface area contributed by atoms with Gasteiger partial charge in [-0.25, -0.2) is 17.4 Å². The first-order valence-electron chi connectivity index (χ1n) is 9.77. The van der Waals surface area contributed by atoms with E-state index in [9.17, 15) is 18.0 Å². The van der Waals surface area contributed by atoms with Crippen LogP contribution in [0.25, 0.3) is 0 Å². The molecule has 0 aliphatic heterocycles. The molecule has 180 valence electrons. The normalized spacial score (nSPS) is 14.8. The Hall–Kier alpha value is -2.98. The van der Waals surface area contributed by atoms with Crippen LogP contribution in [0.2, 0.25) is 0 Å². The number of aromatic nitrogens is 2. The highest BCUT2D eigenvalue weighted by Crippen LogP contribution is 2.29. The molecule has 1 aliphatic carbocycles. The standard InChI is InChI=1S/C17H22BrFN8O5S/c18-12-9-10(1-4-13(12)19)23-16(24-29)14-15(26-32-25-14)20-5-6-21-17(22-7-8-28)27-33(30,31)11-2-3-11/h1,4,9,11,28-29H,2-3,5-8H2,(H,20,26)(H,23,24)(H2,21,22,27). The van der Waals surface area contributed by atoms with Crippen molar-refractivity contribution < 1.29 is 27.8 Å². The fourth-order valence-electron chi connectivity index (χ4n) is 2.53. The SMILES string of the molecule is O=S(=O)(/N=C(\NCCO)NCCNc1nonc1/C(=N/O)Nc1ccc(F)c(Br)c1)C1CC1. The molecule has 1 aliphatic rings. The van der Waals surface area contributed by atoms with Crippen molar-refractivity contribution in [2.75, 3.05) is 36.9 Å². The number of hydrogen-bond acceptors (Lipinski definition) is 9. The number of guanidine groups is 1. The number of rotatable bonds is 10. The number of sulfonamides is 1. The number of aliphatic hydroxyl groups excluding tert-OH is 1. The summed E-state index contributed by atoms with van der Waals surface area (Å²) in [5.74, 6) is -0.391. The molecule has 1 aromatic heterocycles. The fraction of sp³-hybridized carbons (Fsp3) is 0.412. The summed E-state index contributed by atoms with van der Waals surface area (Å²) >= 11 is 3.07. The lowest BCUT2D eigenvalue weighted by Crippen LogP contribution is -2.41. The zero-order chi connectivity index (χ0) is 23.8. The highest BCUT2D eigenvalue weighted by molar-refractivity contribution is 9.10. The van der Waals surface area contributed by atoms with Crippen LogP contribution in [0.15, 0.2) is 36.9 Å². The smallest absolute Gasteiger partial charge is 0.259 e. The Kier molecular flexibility index (Phi) is 8.40. The summed E-state index contributed by atoms with van der Waals surface area (Å²) in [6.07, 6.45) is 1.17. The topological polar surface area (TPSA) is 186 Å². The lowest BCUT2D eigenvalue weighted by molar-refractivity contribution is 0.300. The van der Waals surface area contributed by atoms with Crippen molar-refractivity contribution in [3.8, 4) is 0 Å². The Balaban J connectivity index is 1.59. The van der Waals surface area contributed by atoms with E-state index >= 15 is 0 Å². The summed E-state index contributed by atoms with van der Waals surface area (Å²) in [4.78, 5) is 0. The van der Waals surface area contributed by atoms with Crippen molar-refractivity contribution in [1.29, 1.82) is 0 Å². The third kappa shape index (κ3) is 7.00. The van der Waals surface area contributed by atoms with Gasteiger partial charge in [-0.1, -0.05) is 5.16 Å². The Bertz CT molecular complexity index is 1120. The van der Waals surface area contributed by atoms with Crippen molar-refractivity contribution in [3.05, 3.63) is 34.2 Å². The van der Waals surface area contributed by atoms with Crippen LogP contribution in [0, 0.1) is 5.82 Å². The average molecular weight is 549 g/mol. The van der Waals surface area contributed by atoms with Gasteiger partial charge in [-0.3, -0.25) is 0 Å². The van der Waals surface area contributed by atoms with E-state index < -0.39 is 21.1 Å². The van der Waals surface area contributed by atoms with Crippen LogP contribution in [0.5, 0.6) is 0 Å². The second-order valence-corrected chi connectivity index (χ2v) is 9.56. The molecule has 1 saturated carbocycles. The Morgan fingerprint density at radius 3 is 2.67 bits per heavy atom. The van der Waals surface area contributed by atoms with E-state index in [0.717, 1.165) is 0 Å². The summed E-state index contributed by atoms with van der Waals surface area (Å²) in [5, 5.41) is 39.7. The molecule has 0 unspecified atom stereocenters. The summed E-state index contributed by atoms with van der Waals surface area (Å²) in [7, 11) is -3.61. The van der Waals surface area contributed by atoms with Crippen LogP contribution in [-0.2, 0) is 10.0 Å². The van der Waals surface area contributed by atoms with Gasteiger partial charge in [0.05, 0.1) is 16.3 Å². The first-order valence-corrected chi connectivity index (χ1v) is 12.1. The van der Waals surface area contributed by atoms with Gasteiger partial charge in [0.25, 0.3) is 10.0 Å². The van der Waals surface area contributed by atoms with E-state index in [1.54, 1.807) is 0 Å². The number of benzene rings is 1. The molecule has 2 aromatic rings. The number of hydrogen-bond donors (Lipinski definition) is 6. The maximum atomic E-state index is 13.4. The summed E-state index contributed by atoms with van der Waals surface area (Å²) < 4.78 is 46.3. The fourth-order valence-corrected chi connectivity index (χ4v) is 4.18. The lowest BCUT2D eigenvalue weighted by Gasteiger charge is -2.12. The van der Waals surface area contributed by atoms with Crippen LogP contribution in [0.3, 0.4) is 0 Å². The first-order chi connectivity index (χ1) is 15.8. The zero-order valence-electron chi connectivity index (χ0n) is 17.1. The third-order valence-electron chi connectivity index (χ3n) is 4.27. The molecule has 6 N–H and O–H groups in total. The number of anilines is 2. The monoisotopic (exact) mass is 548 g/mol. The average Bonchev–Trinajstić information content (AvgIpc) is 3.56. The number of oxime groups is 1. The number of aliphatic hydroxyl groups is 1. The van der Waals surface area contributed by atoms with Gasteiger partial charge in [-0.05, 0) is 57.3 Å². The van der Waals surface area contributed by atoms with E-state index in [1.165, 1.54) is 18.2 Å². The van der Waals surface area contributed by atoms with E-state index in [4.69, 9.17) is 9.74 Å². The molecule has 33 heavy (non-hydrogen) atoms. The van der Waals surface area contributed by atoms with Crippen molar-refractivity contribution in [3.63, 3.8) is 0 Å². The van der Waals surface area contributed by atoms with E-state index in [0.29, 0.717) is 18.5 Å². The molecule has 16 heteroatoms. The highest BCUT2D eigenvalue weighted by atomic mass is 79.9. The predicted molar refractivity (Wildman–Crippen MR) is 121 cm³/mol. The maximum Gasteiger partial charge on any atom is 0.259 e. The molecule has 1 heterocycles. The van der Waals surface area contributed by atoms with Crippen molar-refractivity contribution in [2.24, 2.45) is 9.55 Å². The number of amidine groups is 1. The van der Waals surface area contributed by atoms with Crippen molar-refractivity contribution >= 4 is 49.3 Å². The largest absolute Gasteiger partial charge is 0.409 e. The zero-order valence-corrected chi connectivity index (χ0v) is 19.5. The summed E-state index contributed by atoms with van der Waals surface area (Å²) in [6.45, 7) is 0.370. The molecule has 0 bridgehead atoms. The van der Waals surface area contributed by atoms with Gasteiger partial charge < -0.3 is 31.6 Å². The minimum atomic E-state index is -3.61. The van der Waals surface area contributed by atoms with Crippen molar-refractivity contribution in [2.45, 2.75) is 18.1 Å². The molecule has 1 aromatic carbocycles. The molecular weight excluding hydrogens is 527 g/mol. The molecule has 0 atom stereocenters. The summed E-state index contributed by atoms with van der Waals surface area (Å²) in [5.41, 5.74) is 0.473. The number of nitrogens with zero attached hydrogens (tertiary/aromatic N) is 4. The molecule has 0 saturated heterocycles. The molecule has 0 radical (unpaired) electrons. The molecule has 0 amide bonds. The van der Waals surface area contributed by atoms with Gasteiger partial charge in [-0.15, -0.1) is 4.40 Å². The van der Waals surface area contributed by atoms with Crippen LogP contribution in [0.1, 0.15) is 18.5 Å². The van der Waals surface area contributed by atoms with E-state index in [1.807, 2.05) is 0 Å². The van der Waals surface area contributed by atoms with Gasteiger partial charge in [0.1, 0.15) is 5.82 Å². The van der Waals surface area contributed by atoms with E-state index in [-0.39, 0.29) is 54.0 Å². The van der Waals surface area contributed by atoms with Gasteiger partial charge in [0, 0.05) is 25.3 Å². The van der Waals surface area contributed by atoms with E-state index in [2.05, 4.69) is 57.1 Å². The highest BCUT2D eigenvalue weighted by Gasteiger charge is 2.36. The van der Waals surface area contributed by atoms with Gasteiger partial charge in [0.15, 0.2) is 5.69 Å². The van der Waals surface area contributed by atoms with Gasteiger partial charge >= 0.3 is 0 Å². The van der Waals surface area contributed by atoms with Gasteiger partial charge in [-0.2, -0.15) is 0 Å².